The van der Waals surface area contributed by atoms with Crippen LogP contribution in [0, 0.1) is 0 Å². The minimum Gasteiger partial charge on any atom is -0.481 e. The van der Waals surface area contributed by atoms with Crippen LogP contribution in [-0.2, 0) is 40.1 Å². The largest absolute Gasteiger partial charge is 0.481 e. The van der Waals surface area contributed by atoms with E-state index in [9.17, 15) is 19.5 Å². The molecule has 1 unspecified atom stereocenters. The van der Waals surface area contributed by atoms with Gasteiger partial charge in [-0.25, -0.2) is 9.78 Å². The molecule has 3 aromatic heterocycles. The number of hydrogen-bond donors (Lipinski definition) is 2. The second-order valence-electron chi connectivity index (χ2n) is 9.30. The summed E-state index contributed by atoms with van der Waals surface area (Å²) in [6, 6.07) is 13.9. The first-order valence-electron chi connectivity index (χ1n) is 12.9. The number of nitrogens with zero attached hydrogens (tertiary/aromatic N) is 3. The van der Waals surface area contributed by atoms with Crippen LogP contribution in [0.15, 0.2) is 60.1 Å². The van der Waals surface area contributed by atoms with Crippen molar-refractivity contribution in [3.8, 4) is 0 Å². The lowest BCUT2D eigenvalue weighted by Crippen LogP contribution is -2.29. The third-order valence-electron chi connectivity index (χ3n) is 6.52. The molecule has 0 saturated heterocycles. The summed E-state index contributed by atoms with van der Waals surface area (Å²) in [5.74, 6) is -1.00. The molecule has 0 aliphatic rings. The highest BCUT2D eigenvalue weighted by atomic mass is 35.5. The van der Waals surface area contributed by atoms with Gasteiger partial charge in [0.05, 0.1) is 19.2 Å². The van der Waals surface area contributed by atoms with Crippen LogP contribution >= 0.6 is 22.9 Å². The number of unbranched alkanes of at least 4 members (excludes halogenated alkanes) is 1. The molecule has 0 saturated carbocycles. The molecule has 0 aliphatic heterocycles. The molecule has 40 heavy (non-hydrogen) atoms. The first kappa shape index (κ1) is 29.1. The van der Waals surface area contributed by atoms with Crippen LogP contribution in [0.3, 0.4) is 0 Å². The minimum atomic E-state index is -0.974. The van der Waals surface area contributed by atoms with E-state index in [0.717, 1.165) is 29.1 Å². The molecule has 9 nitrogen and oxygen atoms in total. The Bertz CT molecular complexity index is 1460. The molecule has 2 N–H and O–H groups in total. The second-order valence-corrected chi connectivity index (χ2v) is 10.7. The summed E-state index contributed by atoms with van der Waals surface area (Å²) in [5, 5.41) is 14.5. The minimum absolute atomic E-state index is 0.213. The molecule has 3 heterocycles. The SMILES string of the molecule is CCCCc1nc(Cl)c(CC(=O)O)n1Cc1ccc(NC(=O)C(Cc2cccs2)n2cccc2C(=O)OC)cc1. The number of carbonyl (C=O) groups is 3. The van der Waals surface area contributed by atoms with Crippen molar-refractivity contribution in [1.82, 2.24) is 14.1 Å². The lowest BCUT2D eigenvalue weighted by Gasteiger charge is -2.20. The lowest BCUT2D eigenvalue weighted by molar-refractivity contribution is -0.136. The molecule has 0 spiro atoms. The highest BCUT2D eigenvalue weighted by Crippen LogP contribution is 2.25. The summed E-state index contributed by atoms with van der Waals surface area (Å²) in [6.45, 7) is 2.49. The number of methoxy groups -OCH3 is 1. The van der Waals surface area contributed by atoms with Gasteiger partial charge in [-0.05, 0) is 47.7 Å². The Hall–Kier alpha value is -3.89. The number of halogens is 1. The number of aryl methyl sites for hydroxylation is 1. The van der Waals surface area contributed by atoms with E-state index in [2.05, 4.69) is 17.2 Å². The molecule has 1 atom stereocenters. The predicted molar refractivity (Wildman–Crippen MR) is 154 cm³/mol. The highest BCUT2D eigenvalue weighted by molar-refractivity contribution is 7.09. The van der Waals surface area contributed by atoms with Crippen LogP contribution < -0.4 is 5.32 Å². The summed E-state index contributed by atoms with van der Waals surface area (Å²) in [4.78, 5) is 42.7. The number of carboxylic acid groups (broad SMARTS) is 1. The van der Waals surface area contributed by atoms with Gasteiger partial charge >= 0.3 is 11.9 Å². The normalized spacial score (nSPS) is 11.8. The Morgan fingerprint density at radius 2 is 1.93 bits per heavy atom. The highest BCUT2D eigenvalue weighted by Gasteiger charge is 2.26. The van der Waals surface area contributed by atoms with E-state index in [0.29, 0.717) is 36.5 Å². The number of aromatic nitrogens is 3. The third kappa shape index (κ3) is 7.00. The maximum atomic E-state index is 13.5. The standard InChI is InChI=1S/C29H31ClN4O5S/c1-3-4-9-25-32-27(30)23(17-26(35)36)34(25)18-19-10-12-20(13-11-19)31-28(37)24(16-21-7-6-15-40-21)33-14-5-8-22(33)29(38)39-2/h5-8,10-15,24H,3-4,9,16-18H2,1-2H3,(H,31,37)(H,35,36). The van der Waals surface area contributed by atoms with Crippen molar-refractivity contribution in [1.29, 1.82) is 0 Å². The van der Waals surface area contributed by atoms with E-state index < -0.39 is 18.0 Å². The number of hydrogen-bond acceptors (Lipinski definition) is 6. The van der Waals surface area contributed by atoms with Gasteiger partial charge in [0.1, 0.15) is 17.6 Å². The van der Waals surface area contributed by atoms with Crippen molar-refractivity contribution >= 4 is 46.5 Å². The van der Waals surface area contributed by atoms with E-state index in [1.165, 1.54) is 7.11 Å². The van der Waals surface area contributed by atoms with Crippen molar-refractivity contribution in [2.24, 2.45) is 0 Å². The number of esters is 1. The van der Waals surface area contributed by atoms with Crippen molar-refractivity contribution in [2.75, 3.05) is 12.4 Å². The number of imidazole rings is 1. The van der Waals surface area contributed by atoms with Gasteiger partial charge in [0.2, 0.25) is 5.91 Å². The second kappa shape index (κ2) is 13.5. The van der Waals surface area contributed by atoms with E-state index in [1.807, 2.05) is 34.2 Å². The number of aliphatic carboxylic acids is 1. The number of benzene rings is 1. The van der Waals surface area contributed by atoms with Crippen LogP contribution in [0.5, 0.6) is 0 Å². The Labute approximate surface area is 241 Å². The fraction of sp³-hybridized carbons (Fsp3) is 0.310. The molecule has 0 radical (unpaired) electrons. The van der Waals surface area contributed by atoms with Crippen molar-refractivity contribution < 1.29 is 24.2 Å². The maximum absolute atomic E-state index is 13.5. The number of ether oxygens (including phenoxy) is 1. The predicted octanol–water partition coefficient (Wildman–Crippen LogP) is 5.63. The quantitative estimate of drug-likeness (QED) is 0.198. The van der Waals surface area contributed by atoms with Crippen molar-refractivity contribution in [3.63, 3.8) is 0 Å². The van der Waals surface area contributed by atoms with Gasteiger partial charge in [0.15, 0.2) is 5.15 Å². The first-order chi connectivity index (χ1) is 19.3. The van der Waals surface area contributed by atoms with Gasteiger partial charge in [-0.15, -0.1) is 11.3 Å². The van der Waals surface area contributed by atoms with Gasteiger partial charge in [0, 0.05) is 36.1 Å². The average molecular weight is 583 g/mol. The molecule has 0 aliphatic carbocycles. The monoisotopic (exact) mass is 582 g/mol. The fourth-order valence-electron chi connectivity index (χ4n) is 4.51. The topological polar surface area (TPSA) is 115 Å². The summed E-state index contributed by atoms with van der Waals surface area (Å²) < 4.78 is 8.42. The zero-order valence-electron chi connectivity index (χ0n) is 22.3. The zero-order chi connectivity index (χ0) is 28.6. The number of nitrogens with one attached hydrogen (secondary N) is 1. The number of thiophene rings is 1. The fourth-order valence-corrected chi connectivity index (χ4v) is 5.52. The molecule has 210 valence electrons. The van der Waals surface area contributed by atoms with Crippen LogP contribution in [0.4, 0.5) is 5.69 Å². The summed E-state index contributed by atoms with van der Waals surface area (Å²) in [5.41, 5.74) is 2.27. The number of anilines is 1. The molecule has 11 heteroatoms. The van der Waals surface area contributed by atoms with Crippen molar-refractivity contribution in [2.45, 2.75) is 51.6 Å². The number of carbonyl (C=O) groups excluding carboxylic acids is 2. The van der Waals surface area contributed by atoms with Crippen LogP contribution in [0.25, 0.3) is 0 Å². The molecule has 0 bridgehead atoms. The van der Waals surface area contributed by atoms with Gasteiger partial charge in [-0.2, -0.15) is 0 Å². The lowest BCUT2D eigenvalue weighted by atomic mass is 10.1. The molecule has 4 rings (SSSR count). The number of rotatable bonds is 13. The molecule has 4 aromatic rings. The molecule has 1 amide bonds. The van der Waals surface area contributed by atoms with Crippen LogP contribution in [0.2, 0.25) is 5.15 Å². The molecular weight excluding hydrogens is 552 g/mol. The van der Waals surface area contributed by atoms with E-state index in [-0.39, 0.29) is 17.5 Å². The Balaban J connectivity index is 1.54. The van der Waals surface area contributed by atoms with Gasteiger partial charge in [0.25, 0.3) is 0 Å². The molecular formula is C29H31ClN4O5S. The first-order valence-corrected chi connectivity index (χ1v) is 14.2. The van der Waals surface area contributed by atoms with Crippen LogP contribution in [-0.4, -0.2) is 44.2 Å². The Morgan fingerprint density at radius 1 is 1.15 bits per heavy atom. The Morgan fingerprint density at radius 3 is 2.58 bits per heavy atom. The van der Waals surface area contributed by atoms with Crippen molar-refractivity contribution in [3.05, 3.63) is 92.9 Å². The van der Waals surface area contributed by atoms with Gasteiger partial charge < -0.3 is 24.3 Å². The zero-order valence-corrected chi connectivity index (χ0v) is 23.9. The smallest absolute Gasteiger partial charge is 0.354 e. The van der Waals surface area contributed by atoms with E-state index in [4.69, 9.17) is 16.3 Å². The van der Waals surface area contributed by atoms with Gasteiger partial charge in [-0.1, -0.05) is 43.1 Å². The van der Waals surface area contributed by atoms with E-state index >= 15 is 0 Å². The third-order valence-corrected chi connectivity index (χ3v) is 7.73. The Kier molecular flexibility index (Phi) is 9.79. The van der Waals surface area contributed by atoms with Gasteiger partial charge in [-0.3, -0.25) is 9.59 Å². The summed E-state index contributed by atoms with van der Waals surface area (Å²) in [7, 11) is 1.31. The number of carboxylic acids is 1. The summed E-state index contributed by atoms with van der Waals surface area (Å²) >= 11 is 7.86. The van der Waals surface area contributed by atoms with Crippen LogP contribution in [0.1, 0.15) is 58.3 Å². The maximum Gasteiger partial charge on any atom is 0.354 e. The number of amides is 1. The van der Waals surface area contributed by atoms with E-state index in [1.54, 1.807) is 46.4 Å². The molecule has 0 fully saturated rings. The summed E-state index contributed by atoms with van der Waals surface area (Å²) in [6.07, 6.45) is 4.48. The molecule has 1 aromatic carbocycles. The average Bonchev–Trinajstić information content (AvgIpc) is 3.69.